The highest BCUT2D eigenvalue weighted by Gasteiger charge is 2.34. The summed E-state index contributed by atoms with van der Waals surface area (Å²) >= 11 is 0. The highest BCUT2D eigenvalue weighted by atomic mass is 16.5. The fourth-order valence-corrected chi connectivity index (χ4v) is 3.10. The van der Waals surface area contributed by atoms with Crippen molar-refractivity contribution in [2.24, 2.45) is 0 Å². The Labute approximate surface area is 134 Å². The average Bonchev–Trinajstić information content (AvgIpc) is 2.82. The second kappa shape index (κ2) is 6.54. The Hall–Kier alpha value is -2.15. The number of aromatic amines is 1. The van der Waals surface area contributed by atoms with Crippen molar-refractivity contribution in [3.8, 4) is 0 Å². The van der Waals surface area contributed by atoms with Crippen LogP contribution in [0.2, 0.25) is 0 Å². The van der Waals surface area contributed by atoms with Crippen LogP contribution in [0.4, 0.5) is 0 Å². The molecule has 23 heavy (non-hydrogen) atoms. The lowest BCUT2D eigenvalue weighted by atomic mass is 10.0. The summed E-state index contributed by atoms with van der Waals surface area (Å²) in [5, 5.41) is 9.13. The number of carboxylic acids is 1. The minimum absolute atomic E-state index is 0.00483. The van der Waals surface area contributed by atoms with E-state index < -0.39 is 12.1 Å². The zero-order valence-electron chi connectivity index (χ0n) is 13.8. The summed E-state index contributed by atoms with van der Waals surface area (Å²) < 4.78 is 5.33. The zero-order valence-corrected chi connectivity index (χ0v) is 13.8. The van der Waals surface area contributed by atoms with E-state index in [0.717, 1.165) is 0 Å². The van der Waals surface area contributed by atoms with Gasteiger partial charge in [0.25, 0.3) is 5.91 Å². The van der Waals surface area contributed by atoms with E-state index in [2.05, 4.69) is 4.98 Å². The number of Topliss-reactive ketones (excluding diaryl/α,β-unsaturated/α-hetero) is 1. The predicted octanol–water partition coefficient (Wildman–Crippen LogP) is 1.40. The topological polar surface area (TPSA) is 99.7 Å². The van der Waals surface area contributed by atoms with Crippen molar-refractivity contribution < 1.29 is 24.2 Å². The molecule has 7 heteroatoms. The van der Waals surface area contributed by atoms with Crippen LogP contribution in [0, 0.1) is 6.92 Å². The summed E-state index contributed by atoms with van der Waals surface area (Å²) in [7, 11) is 0. The van der Waals surface area contributed by atoms with Crippen LogP contribution >= 0.6 is 0 Å². The molecule has 126 valence electrons. The van der Waals surface area contributed by atoms with Gasteiger partial charge in [0.2, 0.25) is 0 Å². The van der Waals surface area contributed by atoms with Crippen molar-refractivity contribution in [3.05, 3.63) is 22.5 Å². The Bertz CT molecular complexity index is 649. The Kier molecular flexibility index (Phi) is 4.89. The molecule has 1 aromatic rings. The Morgan fingerprint density at radius 1 is 1.35 bits per heavy atom. The van der Waals surface area contributed by atoms with Crippen molar-refractivity contribution in [3.63, 3.8) is 0 Å². The number of nitrogens with one attached hydrogen (secondary N) is 1. The number of rotatable bonds is 4. The van der Waals surface area contributed by atoms with Crippen LogP contribution in [0.15, 0.2) is 0 Å². The second-order valence-electron chi connectivity index (χ2n) is 5.87. The van der Waals surface area contributed by atoms with Gasteiger partial charge in [-0.25, -0.2) is 4.79 Å². The number of aromatic nitrogens is 1. The fourth-order valence-electron chi connectivity index (χ4n) is 3.10. The molecule has 0 aromatic carbocycles. The predicted molar refractivity (Wildman–Crippen MR) is 82.8 cm³/mol. The van der Waals surface area contributed by atoms with E-state index in [-0.39, 0.29) is 24.3 Å². The first-order chi connectivity index (χ1) is 10.8. The average molecular weight is 322 g/mol. The summed E-state index contributed by atoms with van der Waals surface area (Å²) in [6.07, 6.45) is -0.846. The molecule has 0 radical (unpaired) electrons. The largest absolute Gasteiger partial charge is 0.479 e. The summed E-state index contributed by atoms with van der Waals surface area (Å²) in [6, 6.07) is 0. The molecule has 2 rings (SSSR count). The number of morpholine rings is 1. The van der Waals surface area contributed by atoms with Gasteiger partial charge < -0.3 is 19.7 Å². The molecular weight excluding hydrogens is 300 g/mol. The molecule has 1 saturated heterocycles. The van der Waals surface area contributed by atoms with E-state index in [1.54, 1.807) is 13.8 Å². The van der Waals surface area contributed by atoms with Crippen LogP contribution in [-0.2, 0) is 16.0 Å². The van der Waals surface area contributed by atoms with E-state index in [9.17, 15) is 14.4 Å². The minimum atomic E-state index is -1.09. The number of ether oxygens (including phenoxy) is 1. The van der Waals surface area contributed by atoms with E-state index in [0.29, 0.717) is 35.5 Å². The summed E-state index contributed by atoms with van der Waals surface area (Å²) in [5.41, 5.74) is 2.26. The third kappa shape index (κ3) is 3.29. The lowest BCUT2D eigenvalue weighted by molar-refractivity contribution is -0.160. The maximum Gasteiger partial charge on any atom is 0.334 e. The van der Waals surface area contributed by atoms with E-state index in [1.807, 2.05) is 6.92 Å². The standard InChI is InChI=1S/C16H22N2O5/c1-5-11-13(10(4)19)9(3)17-14(11)15(20)18-6-8(2)23-12(7-18)16(21)22/h8,12,17H,5-7H2,1-4H3,(H,21,22)/t8-,12?/m1/s1. The number of amides is 1. The maximum absolute atomic E-state index is 12.8. The fraction of sp³-hybridized carbons (Fsp3) is 0.562. The van der Waals surface area contributed by atoms with E-state index in [4.69, 9.17) is 9.84 Å². The van der Waals surface area contributed by atoms with Gasteiger partial charge in [-0.05, 0) is 32.8 Å². The second-order valence-corrected chi connectivity index (χ2v) is 5.87. The summed E-state index contributed by atoms with van der Waals surface area (Å²) in [4.78, 5) is 40.3. The van der Waals surface area contributed by atoms with Gasteiger partial charge in [0.1, 0.15) is 5.69 Å². The number of aryl methyl sites for hydroxylation is 1. The summed E-state index contributed by atoms with van der Waals surface area (Å²) in [6.45, 7) is 7.16. The first-order valence-corrected chi connectivity index (χ1v) is 7.66. The molecule has 7 nitrogen and oxygen atoms in total. The number of carbonyl (C=O) groups excluding carboxylic acids is 2. The van der Waals surface area contributed by atoms with Crippen LogP contribution in [0.1, 0.15) is 52.9 Å². The van der Waals surface area contributed by atoms with Crippen LogP contribution in [-0.4, -0.2) is 57.9 Å². The highest BCUT2D eigenvalue weighted by molar-refractivity contribution is 6.02. The van der Waals surface area contributed by atoms with Gasteiger partial charge in [-0.15, -0.1) is 0 Å². The molecule has 2 atom stereocenters. The van der Waals surface area contributed by atoms with Crippen molar-refractivity contribution in [2.75, 3.05) is 13.1 Å². The van der Waals surface area contributed by atoms with Gasteiger partial charge in [-0.3, -0.25) is 9.59 Å². The Morgan fingerprint density at radius 3 is 2.52 bits per heavy atom. The van der Waals surface area contributed by atoms with Crippen LogP contribution in [0.5, 0.6) is 0 Å². The van der Waals surface area contributed by atoms with Crippen molar-refractivity contribution >= 4 is 17.7 Å². The monoisotopic (exact) mass is 322 g/mol. The molecule has 1 amide bonds. The van der Waals surface area contributed by atoms with Gasteiger partial charge in [-0.2, -0.15) is 0 Å². The molecule has 1 fully saturated rings. The maximum atomic E-state index is 12.8. The van der Waals surface area contributed by atoms with E-state index in [1.165, 1.54) is 11.8 Å². The van der Waals surface area contributed by atoms with Gasteiger partial charge in [0.05, 0.1) is 12.6 Å². The van der Waals surface area contributed by atoms with Gasteiger partial charge in [0, 0.05) is 17.8 Å². The minimum Gasteiger partial charge on any atom is -0.479 e. The van der Waals surface area contributed by atoms with Gasteiger partial charge in [0.15, 0.2) is 11.9 Å². The highest BCUT2D eigenvalue weighted by Crippen LogP contribution is 2.23. The SMILES string of the molecule is CCc1c(C(=O)N2CC(C(=O)O)O[C@H](C)C2)[nH]c(C)c1C(C)=O. The number of hydrogen-bond donors (Lipinski definition) is 2. The van der Waals surface area contributed by atoms with E-state index >= 15 is 0 Å². The molecule has 0 bridgehead atoms. The first-order valence-electron chi connectivity index (χ1n) is 7.66. The number of carbonyl (C=O) groups is 3. The number of hydrogen-bond acceptors (Lipinski definition) is 4. The first kappa shape index (κ1) is 17.2. The quantitative estimate of drug-likeness (QED) is 0.816. The lowest BCUT2D eigenvalue weighted by Gasteiger charge is -2.34. The third-order valence-corrected chi connectivity index (χ3v) is 4.03. The normalized spacial score (nSPS) is 21.3. The molecule has 1 unspecified atom stereocenters. The Morgan fingerprint density at radius 2 is 2.00 bits per heavy atom. The van der Waals surface area contributed by atoms with Crippen LogP contribution in [0.3, 0.4) is 0 Å². The number of H-pyrrole nitrogens is 1. The number of ketones is 1. The number of aliphatic carboxylic acids is 1. The third-order valence-electron chi connectivity index (χ3n) is 4.03. The molecular formula is C16H22N2O5. The molecule has 2 heterocycles. The molecule has 0 saturated carbocycles. The number of nitrogens with zero attached hydrogens (tertiary/aromatic N) is 1. The molecule has 1 aliphatic heterocycles. The smallest absolute Gasteiger partial charge is 0.334 e. The van der Waals surface area contributed by atoms with Crippen molar-refractivity contribution in [1.82, 2.24) is 9.88 Å². The molecule has 2 N–H and O–H groups in total. The van der Waals surface area contributed by atoms with Gasteiger partial charge in [-0.1, -0.05) is 6.92 Å². The molecule has 1 aromatic heterocycles. The molecule has 1 aliphatic rings. The van der Waals surface area contributed by atoms with Crippen molar-refractivity contribution in [2.45, 2.75) is 46.3 Å². The molecule has 0 spiro atoms. The van der Waals surface area contributed by atoms with Crippen LogP contribution in [0.25, 0.3) is 0 Å². The van der Waals surface area contributed by atoms with Gasteiger partial charge >= 0.3 is 5.97 Å². The Balaban J connectivity index is 2.35. The zero-order chi connectivity index (χ0) is 17.3. The number of carboxylic acid groups (broad SMARTS) is 1. The van der Waals surface area contributed by atoms with Crippen molar-refractivity contribution in [1.29, 1.82) is 0 Å². The lowest BCUT2D eigenvalue weighted by Crippen LogP contribution is -2.52. The van der Waals surface area contributed by atoms with Crippen LogP contribution < -0.4 is 0 Å². The molecule has 0 aliphatic carbocycles. The summed E-state index contributed by atoms with van der Waals surface area (Å²) in [5.74, 6) is -1.47.